The first-order valence-electron chi connectivity index (χ1n) is 7.46. The number of aromatic nitrogens is 2. The maximum absolute atomic E-state index is 11.4. The van der Waals surface area contributed by atoms with E-state index in [1.54, 1.807) is 25.1 Å². The lowest BCUT2D eigenvalue weighted by atomic mass is 10.1. The van der Waals surface area contributed by atoms with Crippen molar-refractivity contribution in [1.82, 2.24) is 10.3 Å². The van der Waals surface area contributed by atoms with Crippen LogP contribution in [0.25, 0.3) is 11.0 Å². The minimum absolute atomic E-state index is 0.107. The molecular formula is C16H17N5O3. The molecule has 0 aliphatic carbocycles. The van der Waals surface area contributed by atoms with Gasteiger partial charge in [-0.25, -0.2) is 4.63 Å². The van der Waals surface area contributed by atoms with E-state index < -0.39 is 4.92 Å². The van der Waals surface area contributed by atoms with Gasteiger partial charge in [-0.05, 0) is 28.4 Å². The Balaban J connectivity index is 1.92. The Hall–Kier alpha value is -3.16. The van der Waals surface area contributed by atoms with E-state index in [2.05, 4.69) is 27.8 Å². The minimum atomic E-state index is -0.463. The highest BCUT2D eigenvalue weighted by molar-refractivity contribution is 5.99. The summed E-state index contributed by atoms with van der Waals surface area (Å²) in [6.07, 6.45) is 0.821. The lowest BCUT2D eigenvalue weighted by molar-refractivity contribution is -0.382. The average Bonchev–Trinajstić information content (AvgIpc) is 3.04. The zero-order chi connectivity index (χ0) is 17.1. The van der Waals surface area contributed by atoms with Crippen LogP contribution >= 0.6 is 0 Å². The summed E-state index contributed by atoms with van der Waals surface area (Å²) in [7, 11) is 3.49. The molecule has 0 saturated carbocycles. The van der Waals surface area contributed by atoms with Crippen molar-refractivity contribution in [2.75, 3.05) is 30.9 Å². The van der Waals surface area contributed by atoms with E-state index in [1.165, 1.54) is 5.56 Å². The summed E-state index contributed by atoms with van der Waals surface area (Å²) < 4.78 is 4.73. The predicted octanol–water partition coefficient (Wildman–Crippen LogP) is 2.85. The maximum atomic E-state index is 11.4. The molecule has 0 atom stereocenters. The van der Waals surface area contributed by atoms with Crippen LogP contribution in [0.2, 0.25) is 0 Å². The summed E-state index contributed by atoms with van der Waals surface area (Å²) in [4.78, 5) is 12.6. The number of nitro benzene ring substituents is 1. The second-order valence-corrected chi connectivity index (χ2v) is 5.57. The fraction of sp³-hybridized carbons (Fsp3) is 0.250. The van der Waals surface area contributed by atoms with E-state index in [0.717, 1.165) is 6.42 Å². The number of nitrogens with one attached hydrogen (secondary N) is 1. The van der Waals surface area contributed by atoms with Gasteiger partial charge in [-0.3, -0.25) is 10.1 Å². The van der Waals surface area contributed by atoms with Gasteiger partial charge >= 0.3 is 5.69 Å². The number of nitrogens with zero attached hydrogens (tertiary/aromatic N) is 4. The van der Waals surface area contributed by atoms with Gasteiger partial charge in [0.2, 0.25) is 5.52 Å². The molecule has 0 unspecified atom stereocenters. The van der Waals surface area contributed by atoms with E-state index in [0.29, 0.717) is 23.4 Å². The molecule has 0 spiro atoms. The second kappa shape index (κ2) is 6.53. The van der Waals surface area contributed by atoms with E-state index in [1.807, 2.05) is 18.2 Å². The molecule has 0 aliphatic heterocycles. The van der Waals surface area contributed by atoms with Crippen molar-refractivity contribution in [1.29, 1.82) is 0 Å². The van der Waals surface area contributed by atoms with E-state index in [9.17, 15) is 10.1 Å². The van der Waals surface area contributed by atoms with Gasteiger partial charge in [-0.1, -0.05) is 30.3 Å². The van der Waals surface area contributed by atoms with Crippen molar-refractivity contribution in [2.24, 2.45) is 0 Å². The zero-order valence-electron chi connectivity index (χ0n) is 13.4. The Kier molecular flexibility index (Phi) is 4.28. The Morgan fingerprint density at radius 1 is 1.21 bits per heavy atom. The standard InChI is InChI=1S/C16H17N5O3/c1-20(2)13-10-12(17-9-8-11-6-4-3-5-7-11)14-15(19-24-18-14)16(13)21(22)23/h3-7,10,17H,8-9H2,1-2H3. The largest absolute Gasteiger partial charge is 0.383 e. The van der Waals surface area contributed by atoms with Crippen molar-refractivity contribution in [2.45, 2.75) is 6.42 Å². The monoisotopic (exact) mass is 327 g/mol. The number of hydrogen-bond acceptors (Lipinski definition) is 7. The van der Waals surface area contributed by atoms with Gasteiger partial charge in [-0.15, -0.1) is 0 Å². The van der Waals surface area contributed by atoms with Gasteiger partial charge in [0.25, 0.3) is 0 Å². The fourth-order valence-corrected chi connectivity index (χ4v) is 2.56. The zero-order valence-corrected chi connectivity index (χ0v) is 13.4. The van der Waals surface area contributed by atoms with Gasteiger partial charge in [0.05, 0.1) is 10.6 Å². The topological polar surface area (TPSA) is 97.3 Å². The van der Waals surface area contributed by atoms with Crippen LogP contribution in [0.4, 0.5) is 17.1 Å². The molecule has 1 heterocycles. The molecule has 0 fully saturated rings. The van der Waals surface area contributed by atoms with Crippen molar-refractivity contribution in [3.63, 3.8) is 0 Å². The summed E-state index contributed by atoms with van der Waals surface area (Å²) in [5, 5.41) is 22.2. The summed E-state index contributed by atoms with van der Waals surface area (Å²) in [5.74, 6) is 0. The van der Waals surface area contributed by atoms with Gasteiger partial charge in [0.1, 0.15) is 5.69 Å². The van der Waals surface area contributed by atoms with Crippen molar-refractivity contribution < 1.29 is 9.55 Å². The second-order valence-electron chi connectivity index (χ2n) is 5.57. The van der Waals surface area contributed by atoms with Crippen molar-refractivity contribution >= 4 is 28.1 Å². The Morgan fingerprint density at radius 3 is 2.58 bits per heavy atom. The highest BCUT2D eigenvalue weighted by Crippen LogP contribution is 2.37. The van der Waals surface area contributed by atoms with Gasteiger partial charge in [0.15, 0.2) is 5.52 Å². The summed E-state index contributed by atoms with van der Waals surface area (Å²) in [5.41, 5.74) is 2.72. The molecule has 124 valence electrons. The Morgan fingerprint density at radius 2 is 1.92 bits per heavy atom. The molecule has 1 aromatic heterocycles. The van der Waals surface area contributed by atoms with Crippen molar-refractivity contribution in [3.05, 3.63) is 52.1 Å². The van der Waals surface area contributed by atoms with E-state index in [4.69, 9.17) is 4.63 Å². The van der Waals surface area contributed by atoms with Gasteiger partial charge < -0.3 is 10.2 Å². The molecule has 24 heavy (non-hydrogen) atoms. The Labute approximate surface area is 138 Å². The summed E-state index contributed by atoms with van der Waals surface area (Å²) in [6, 6.07) is 11.8. The average molecular weight is 327 g/mol. The van der Waals surface area contributed by atoms with E-state index >= 15 is 0 Å². The van der Waals surface area contributed by atoms with Gasteiger partial charge in [0, 0.05) is 20.6 Å². The maximum Gasteiger partial charge on any atom is 0.323 e. The molecule has 3 aromatic rings. The fourth-order valence-electron chi connectivity index (χ4n) is 2.56. The molecule has 0 amide bonds. The Bertz CT molecular complexity index is 861. The van der Waals surface area contributed by atoms with Crippen LogP contribution in [-0.4, -0.2) is 35.9 Å². The number of anilines is 2. The highest BCUT2D eigenvalue weighted by atomic mass is 16.6. The van der Waals surface area contributed by atoms with Crippen LogP contribution in [0.5, 0.6) is 0 Å². The first kappa shape index (κ1) is 15.7. The quantitative estimate of drug-likeness (QED) is 0.549. The molecular weight excluding hydrogens is 310 g/mol. The van der Waals surface area contributed by atoms with Crippen LogP contribution in [0.3, 0.4) is 0 Å². The number of hydrogen-bond donors (Lipinski definition) is 1. The molecule has 8 heteroatoms. The first-order chi connectivity index (χ1) is 11.6. The molecule has 3 rings (SSSR count). The molecule has 0 saturated heterocycles. The van der Waals surface area contributed by atoms with E-state index in [-0.39, 0.29) is 11.2 Å². The third kappa shape index (κ3) is 2.98. The van der Waals surface area contributed by atoms with Crippen molar-refractivity contribution in [3.8, 4) is 0 Å². The molecule has 0 bridgehead atoms. The van der Waals surface area contributed by atoms with Crippen LogP contribution < -0.4 is 10.2 Å². The highest BCUT2D eigenvalue weighted by Gasteiger charge is 2.26. The van der Waals surface area contributed by atoms with Gasteiger partial charge in [-0.2, -0.15) is 0 Å². The third-order valence-electron chi connectivity index (χ3n) is 3.73. The normalized spacial score (nSPS) is 10.8. The number of rotatable bonds is 6. The van der Waals surface area contributed by atoms with Crippen LogP contribution in [0, 0.1) is 10.1 Å². The predicted molar refractivity (Wildman–Crippen MR) is 91.4 cm³/mol. The molecule has 2 aromatic carbocycles. The molecule has 0 aliphatic rings. The SMILES string of the molecule is CN(C)c1cc(NCCc2ccccc2)c2nonc2c1[N+](=O)[O-]. The van der Waals surface area contributed by atoms with Crippen LogP contribution in [0.1, 0.15) is 5.56 Å². The number of nitro groups is 1. The smallest absolute Gasteiger partial charge is 0.323 e. The lowest BCUT2D eigenvalue weighted by Gasteiger charge is -2.15. The summed E-state index contributed by atoms with van der Waals surface area (Å²) in [6.45, 7) is 0.663. The molecule has 8 nitrogen and oxygen atoms in total. The van der Waals surface area contributed by atoms with Crippen LogP contribution in [-0.2, 0) is 6.42 Å². The minimum Gasteiger partial charge on any atom is -0.383 e. The summed E-state index contributed by atoms with van der Waals surface area (Å²) >= 11 is 0. The third-order valence-corrected chi connectivity index (χ3v) is 3.73. The van der Waals surface area contributed by atoms with Crippen LogP contribution in [0.15, 0.2) is 41.0 Å². The molecule has 0 radical (unpaired) electrons. The first-order valence-corrected chi connectivity index (χ1v) is 7.46. The number of fused-ring (bicyclic) bond motifs is 1. The molecule has 1 N–H and O–H groups in total. The number of benzene rings is 2. The lowest BCUT2D eigenvalue weighted by Crippen LogP contribution is -2.13.